The van der Waals surface area contributed by atoms with E-state index in [1.54, 1.807) is 24.3 Å². The molecule has 1 unspecified atom stereocenters. The zero-order valence-corrected chi connectivity index (χ0v) is 13.9. The molecule has 1 fully saturated rings. The molecule has 0 amide bonds. The van der Waals surface area contributed by atoms with Crippen LogP contribution in [0, 0.1) is 0 Å². The van der Waals surface area contributed by atoms with Crippen molar-refractivity contribution >= 4 is 30.7 Å². The molecule has 124 valence electrons. The van der Waals surface area contributed by atoms with E-state index in [-0.39, 0.29) is 10.8 Å². The summed E-state index contributed by atoms with van der Waals surface area (Å²) in [5, 5.41) is 14.8. The lowest BCUT2D eigenvalue weighted by Crippen LogP contribution is -2.40. The summed E-state index contributed by atoms with van der Waals surface area (Å²) in [5.74, 6) is 0.109. The van der Waals surface area contributed by atoms with Crippen LogP contribution in [0.25, 0.3) is 0 Å². The molecule has 23 heavy (non-hydrogen) atoms. The maximum absolute atomic E-state index is 11.6. The standard InChI is InChI=1S/C14H17N3O4S2/c15-23(19,20)13-4-5-14(17-6-8-21-9-7-17)22(16-13)12-3-1-2-11(18)10-12/h1-5,10,18H,6-9H2,(H2,15,19,20). The first kappa shape index (κ1) is 16.3. The number of aromatic hydroxyl groups is 1. The van der Waals surface area contributed by atoms with Crippen molar-refractivity contribution in [3.05, 3.63) is 36.4 Å². The molecule has 2 heterocycles. The van der Waals surface area contributed by atoms with Crippen LogP contribution in [0.3, 0.4) is 0 Å². The topological polar surface area (TPSA) is 105 Å². The normalized spacial score (nSPS) is 22.9. The van der Waals surface area contributed by atoms with E-state index < -0.39 is 20.7 Å². The molecule has 0 aromatic heterocycles. The lowest BCUT2D eigenvalue weighted by Gasteiger charge is -2.30. The molecule has 1 aromatic carbocycles. The van der Waals surface area contributed by atoms with Gasteiger partial charge >= 0.3 is 0 Å². The highest BCUT2D eigenvalue weighted by molar-refractivity contribution is 8.16. The number of morpholine rings is 1. The fourth-order valence-corrected chi connectivity index (χ4v) is 4.95. The van der Waals surface area contributed by atoms with Crippen molar-refractivity contribution < 1.29 is 18.3 Å². The van der Waals surface area contributed by atoms with Gasteiger partial charge in [-0.2, -0.15) is 0 Å². The Morgan fingerprint density at radius 3 is 2.65 bits per heavy atom. The predicted molar refractivity (Wildman–Crippen MR) is 91.0 cm³/mol. The first-order valence-corrected chi connectivity index (χ1v) is 9.70. The molecule has 0 saturated carbocycles. The van der Waals surface area contributed by atoms with E-state index in [0.29, 0.717) is 26.3 Å². The summed E-state index contributed by atoms with van der Waals surface area (Å²) in [6, 6.07) is 6.67. The van der Waals surface area contributed by atoms with Crippen LogP contribution in [-0.2, 0) is 14.8 Å². The highest BCUT2D eigenvalue weighted by atomic mass is 32.2. The average Bonchev–Trinajstić information content (AvgIpc) is 2.54. The Morgan fingerprint density at radius 1 is 1.26 bits per heavy atom. The van der Waals surface area contributed by atoms with E-state index >= 15 is 0 Å². The number of phenolic OH excluding ortho intramolecular Hbond substituents is 1. The Morgan fingerprint density at radius 2 is 2.00 bits per heavy atom. The van der Waals surface area contributed by atoms with Crippen LogP contribution in [0.2, 0.25) is 0 Å². The molecule has 0 radical (unpaired) electrons. The first-order chi connectivity index (χ1) is 10.9. The Balaban J connectivity index is 2.13. The minimum Gasteiger partial charge on any atom is -0.508 e. The highest BCUT2D eigenvalue weighted by Crippen LogP contribution is 2.35. The van der Waals surface area contributed by atoms with Crippen LogP contribution >= 0.6 is 10.7 Å². The molecule has 2 aliphatic heterocycles. The quantitative estimate of drug-likeness (QED) is 0.720. The van der Waals surface area contributed by atoms with Crippen molar-refractivity contribution in [2.45, 2.75) is 4.90 Å². The number of nitrogens with two attached hydrogens (primary N) is 1. The number of hydrogen-bond acceptors (Lipinski definition) is 6. The van der Waals surface area contributed by atoms with E-state index in [1.165, 1.54) is 6.08 Å². The number of benzene rings is 1. The summed E-state index contributed by atoms with van der Waals surface area (Å²) in [6.45, 7) is 2.64. The van der Waals surface area contributed by atoms with E-state index in [4.69, 9.17) is 9.88 Å². The number of ether oxygens (including phenoxy) is 1. The molecule has 1 atom stereocenters. The van der Waals surface area contributed by atoms with Crippen LogP contribution in [0.15, 0.2) is 45.7 Å². The molecule has 1 aromatic rings. The average molecular weight is 355 g/mol. The number of hydrogen-bond donors (Lipinski definition) is 2. The van der Waals surface area contributed by atoms with Crippen LogP contribution in [0.5, 0.6) is 5.75 Å². The molecule has 7 nitrogen and oxygen atoms in total. The van der Waals surface area contributed by atoms with Gasteiger partial charge in [0.15, 0.2) is 5.04 Å². The first-order valence-electron chi connectivity index (χ1n) is 6.98. The van der Waals surface area contributed by atoms with Gasteiger partial charge in [-0.05, 0) is 41.0 Å². The Kier molecular flexibility index (Phi) is 4.64. The summed E-state index contributed by atoms with van der Waals surface area (Å²) >= 11 is 0. The molecular weight excluding hydrogens is 338 g/mol. The van der Waals surface area contributed by atoms with Crippen LogP contribution in [0.1, 0.15) is 0 Å². The van der Waals surface area contributed by atoms with E-state index in [0.717, 1.165) is 9.88 Å². The summed E-state index contributed by atoms with van der Waals surface area (Å²) in [5.41, 5.74) is 0. The largest absolute Gasteiger partial charge is 0.508 e. The minimum atomic E-state index is -3.88. The lowest BCUT2D eigenvalue weighted by molar-refractivity contribution is 0.0694. The molecule has 2 aliphatic rings. The Labute approximate surface area is 137 Å². The lowest BCUT2D eigenvalue weighted by atomic mass is 10.3. The second-order valence-corrected chi connectivity index (χ2v) is 8.18. The Bertz CT molecular complexity index is 809. The molecule has 0 bridgehead atoms. The summed E-state index contributed by atoms with van der Waals surface area (Å²) < 4.78 is 32.9. The fraction of sp³-hybridized carbons (Fsp3) is 0.286. The third-order valence-corrected chi connectivity index (χ3v) is 6.20. The SMILES string of the molecule is NS(=O)(=O)C1=NS(c2cccc(O)c2)=C(N2CCOCC2)C=C1. The van der Waals surface area contributed by atoms with Crippen molar-refractivity contribution in [2.75, 3.05) is 26.3 Å². The number of sulfonamides is 1. The summed E-state index contributed by atoms with van der Waals surface area (Å²) in [6.07, 6.45) is 3.16. The van der Waals surface area contributed by atoms with Crippen molar-refractivity contribution in [1.82, 2.24) is 4.90 Å². The van der Waals surface area contributed by atoms with Crippen LogP contribution < -0.4 is 5.14 Å². The van der Waals surface area contributed by atoms with Gasteiger partial charge in [0.1, 0.15) is 5.75 Å². The zero-order valence-electron chi connectivity index (χ0n) is 12.3. The number of primary sulfonamides is 1. The monoisotopic (exact) mass is 355 g/mol. The van der Waals surface area contributed by atoms with Gasteiger partial charge in [0.25, 0.3) is 10.0 Å². The molecule has 9 heteroatoms. The number of phenols is 1. The summed E-state index contributed by atoms with van der Waals surface area (Å²) in [4.78, 5) is 3.75. The van der Waals surface area contributed by atoms with Gasteiger partial charge in [0.2, 0.25) is 0 Å². The van der Waals surface area contributed by atoms with E-state index in [2.05, 4.69) is 9.30 Å². The molecule has 0 aliphatic carbocycles. The maximum atomic E-state index is 11.6. The smallest absolute Gasteiger partial charge is 0.256 e. The molecular formula is C14H17N3O4S2. The van der Waals surface area contributed by atoms with Gasteiger partial charge < -0.3 is 9.84 Å². The molecule has 3 rings (SSSR count). The zero-order chi connectivity index (χ0) is 16.4. The van der Waals surface area contributed by atoms with E-state index in [1.807, 2.05) is 6.07 Å². The van der Waals surface area contributed by atoms with Crippen molar-refractivity contribution in [3.8, 4) is 5.75 Å². The minimum absolute atomic E-state index is 0.109. The second-order valence-electron chi connectivity index (χ2n) is 5.03. The van der Waals surface area contributed by atoms with Gasteiger partial charge in [-0.1, -0.05) is 6.07 Å². The molecule has 0 spiro atoms. The second kappa shape index (κ2) is 6.54. The van der Waals surface area contributed by atoms with Crippen molar-refractivity contribution in [2.24, 2.45) is 9.54 Å². The fourth-order valence-electron chi connectivity index (χ4n) is 2.31. The maximum Gasteiger partial charge on any atom is 0.256 e. The van der Waals surface area contributed by atoms with Crippen molar-refractivity contribution in [1.29, 1.82) is 0 Å². The van der Waals surface area contributed by atoms with Gasteiger partial charge in [-0.15, -0.1) is 0 Å². The molecule has 1 saturated heterocycles. The highest BCUT2D eigenvalue weighted by Gasteiger charge is 2.23. The third kappa shape index (κ3) is 3.70. The summed E-state index contributed by atoms with van der Waals surface area (Å²) in [7, 11) is -4.74. The van der Waals surface area contributed by atoms with Crippen molar-refractivity contribution in [3.63, 3.8) is 0 Å². The van der Waals surface area contributed by atoms with E-state index in [9.17, 15) is 13.5 Å². The predicted octanol–water partition coefficient (Wildman–Crippen LogP) is 0.654. The third-order valence-electron chi connectivity index (χ3n) is 3.40. The van der Waals surface area contributed by atoms with Gasteiger partial charge in [-0.3, -0.25) is 4.90 Å². The van der Waals surface area contributed by atoms with Gasteiger partial charge in [0, 0.05) is 18.0 Å². The van der Waals surface area contributed by atoms with Gasteiger partial charge in [0.05, 0.1) is 18.2 Å². The number of nitrogens with zero attached hydrogens (tertiary/aromatic N) is 2. The Hall–Kier alpha value is -1.52. The number of rotatable bonds is 1. The molecule has 3 N–H and O–H groups in total. The van der Waals surface area contributed by atoms with Crippen LogP contribution in [0.4, 0.5) is 0 Å². The van der Waals surface area contributed by atoms with Gasteiger partial charge in [-0.25, -0.2) is 18.0 Å². The van der Waals surface area contributed by atoms with Crippen LogP contribution in [-0.4, -0.2) is 54.8 Å².